The topological polar surface area (TPSA) is 32.3 Å². The van der Waals surface area contributed by atoms with Crippen molar-refractivity contribution in [3.63, 3.8) is 0 Å². The summed E-state index contributed by atoms with van der Waals surface area (Å²) < 4.78 is 1.12. The molecule has 20 heavy (non-hydrogen) atoms. The van der Waals surface area contributed by atoms with E-state index in [1.54, 1.807) is 0 Å². The normalized spacial score (nSPS) is 20.1. The van der Waals surface area contributed by atoms with Crippen LogP contribution in [0, 0.1) is 5.92 Å². The van der Waals surface area contributed by atoms with E-state index in [4.69, 9.17) is 0 Å². The molecule has 108 valence electrons. The van der Waals surface area contributed by atoms with Gasteiger partial charge < -0.3 is 10.2 Å². The lowest BCUT2D eigenvalue weighted by molar-refractivity contribution is -0.133. The van der Waals surface area contributed by atoms with Gasteiger partial charge in [-0.3, -0.25) is 4.79 Å². The zero-order valence-corrected chi connectivity index (χ0v) is 13.2. The minimum absolute atomic E-state index is 0.363. The number of benzene rings is 1. The van der Waals surface area contributed by atoms with Crippen LogP contribution < -0.4 is 5.32 Å². The Morgan fingerprint density at radius 1 is 1.15 bits per heavy atom. The highest BCUT2D eigenvalue weighted by molar-refractivity contribution is 9.10. The zero-order chi connectivity index (χ0) is 13.9. The number of hydrogen-bond donors (Lipinski definition) is 1. The Hall–Kier alpha value is -0.870. The molecule has 2 aliphatic rings. The first-order valence-corrected chi connectivity index (χ1v) is 8.28. The number of likely N-dealkylation sites (tertiary alicyclic amines) is 1. The van der Waals surface area contributed by atoms with Gasteiger partial charge in [0, 0.05) is 36.1 Å². The lowest BCUT2D eigenvalue weighted by Gasteiger charge is -2.32. The van der Waals surface area contributed by atoms with E-state index in [9.17, 15) is 4.79 Å². The maximum absolute atomic E-state index is 12.0. The van der Waals surface area contributed by atoms with Crippen LogP contribution in [-0.4, -0.2) is 29.9 Å². The molecule has 3 nitrogen and oxygen atoms in total. The molecule has 1 N–H and O–H groups in total. The monoisotopic (exact) mass is 336 g/mol. The van der Waals surface area contributed by atoms with Gasteiger partial charge in [-0.1, -0.05) is 28.1 Å². The first kappa shape index (κ1) is 14.1. The van der Waals surface area contributed by atoms with Crippen LogP contribution in [-0.2, 0) is 11.3 Å². The van der Waals surface area contributed by atoms with Gasteiger partial charge in [0.1, 0.15) is 0 Å². The Bertz CT molecular complexity index is 462. The second-order valence-corrected chi connectivity index (χ2v) is 6.80. The third-order valence-corrected chi connectivity index (χ3v) is 4.77. The first-order valence-electron chi connectivity index (χ1n) is 7.49. The molecule has 1 aromatic carbocycles. The molecular weight excluding hydrogens is 316 g/mol. The second kappa shape index (κ2) is 6.27. The fourth-order valence-electron chi connectivity index (χ4n) is 2.76. The van der Waals surface area contributed by atoms with Crippen molar-refractivity contribution in [2.45, 2.75) is 38.3 Å². The molecule has 0 spiro atoms. The molecule has 0 atom stereocenters. The van der Waals surface area contributed by atoms with E-state index in [-0.39, 0.29) is 0 Å². The summed E-state index contributed by atoms with van der Waals surface area (Å²) in [5.74, 6) is 0.763. The second-order valence-electron chi connectivity index (χ2n) is 5.88. The van der Waals surface area contributed by atoms with Crippen LogP contribution in [0.3, 0.4) is 0 Å². The minimum Gasteiger partial charge on any atom is -0.342 e. The van der Waals surface area contributed by atoms with Crippen molar-refractivity contribution in [1.82, 2.24) is 10.2 Å². The number of nitrogens with zero attached hydrogens (tertiary/aromatic N) is 1. The maximum atomic E-state index is 12.0. The van der Waals surface area contributed by atoms with Crippen molar-refractivity contribution in [3.8, 4) is 0 Å². The molecule has 1 saturated heterocycles. The van der Waals surface area contributed by atoms with Gasteiger partial charge in [0.25, 0.3) is 0 Å². The molecule has 1 aliphatic carbocycles. The average Bonchev–Trinajstić information content (AvgIpc) is 3.31. The van der Waals surface area contributed by atoms with E-state index in [2.05, 4.69) is 50.4 Å². The number of piperidine rings is 1. The third kappa shape index (κ3) is 3.61. The summed E-state index contributed by atoms with van der Waals surface area (Å²) in [6.07, 6.45) is 4.38. The Labute approximate surface area is 128 Å². The molecule has 1 aliphatic heterocycles. The van der Waals surface area contributed by atoms with Crippen molar-refractivity contribution in [3.05, 3.63) is 34.3 Å². The largest absolute Gasteiger partial charge is 0.342 e. The van der Waals surface area contributed by atoms with Gasteiger partial charge in [0.2, 0.25) is 5.91 Å². The molecular formula is C16H21BrN2O. The lowest BCUT2D eigenvalue weighted by Crippen LogP contribution is -2.45. The predicted octanol–water partition coefficient (Wildman–Crippen LogP) is 2.94. The standard InChI is InChI=1S/C16H21BrN2O/c17-14-5-1-12(2-6-14)11-18-15-7-9-19(10-8-15)16(20)13-3-4-13/h1-2,5-6,13,15,18H,3-4,7-11H2. The summed E-state index contributed by atoms with van der Waals surface area (Å²) in [4.78, 5) is 14.0. The van der Waals surface area contributed by atoms with Crippen LogP contribution in [0.25, 0.3) is 0 Å². The van der Waals surface area contributed by atoms with E-state index >= 15 is 0 Å². The van der Waals surface area contributed by atoms with Crippen LogP contribution in [0.5, 0.6) is 0 Å². The molecule has 4 heteroatoms. The minimum atomic E-state index is 0.363. The fourth-order valence-corrected chi connectivity index (χ4v) is 3.02. The summed E-state index contributed by atoms with van der Waals surface area (Å²) in [6.45, 7) is 2.76. The highest BCUT2D eigenvalue weighted by Gasteiger charge is 2.34. The van der Waals surface area contributed by atoms with Gasteiger partial charge in [-0.25, -0.2) is 0 Å². The SMILES string of the molecule is O=C(C1CC1)N1CCC(NCc2ccc(Br)cc2)CC1. The van der Waals surface area contributed by atoms with Crippen LogP contribution in [0.2, 0.25) is 0 Å². The number of amides is 1. The van der Waals surface area contributed by atoms with Crippen LogP contribution >= 0.6 is 15.9 Å². The Morgan fingerprint density at radius 3 is 2.40 bits per heavy atom. The molecule has 1 aromatic rings. The number of hydrogen-bond acceptors (Lipinski definition) is 2. The zero-order valence-electron chi connectivity index (χ0n) is 11.6. The number of rotatable bonds is 4. The summed E-state index contributed by atoms with van der Waals surface area (Å²) in [5, 5.41) is 3.61. The van der Waals surface area contributed by atoms with Crippen LogP contribution in [0.15, 0.2) is 28.7 Å². The summed E-state index contributed by atoms with van der Waals surface area (Å²) in [7, 11) is 0. The smallest absolute Gasteiger partial charge is 0.225 e. The van der Waals surface area contributed by atoms with Crippen molar-refractivity contribution in [2.75, 3.05) is 13.1 Å². The molecule has 0 radical (unpaired) electrons. The molecule has 0 bridgehead atoms. The fraction of sp³-hybridized carbons (Fsp3) is 0.562. The molecule has 1 saturated carbocycles. The van der Waals surface area contributed by atoms with E-state index in [0.29, 0.717) is 17.9 Å². The number of nitrogens with one attached hydrogen (secondary N) is 1. The van der Waals surface area contributed by atoms with Gasteiger partial charge in [-0.05, 0) is 43.4 Å². The molecule has 2 fully saturated rings. The van der Waals surface area contributed by atoms with Crippen molar-refractivity contribution in [1.29, 1.82) is 0 Å². The molecule has 3 rings (SSSR count). The van der Waals surface area contributed by atoms with E-state index < -0.39 is 0 Å². The summed E-state index contributed by atoms with van der Waals surface area (Å²) >= 11 is 3.45. The molecule has 1 amide bonds. The number of carbonyl (C=O) groups excluding carboxylic acids is 1. The van der Waals surface area contributed by atoms with Crippen LogP contribution in [0.1, 0.15) is 31.2 Å². The van der Waals surface area contributed by atoms with E-state index in [1.807, 2.05) is 0 Å². The number of carbonyl (C=O) groups is 1. The maximum Gasteiger partial charge on any atom is 0.225 e. The summed E-state index contributed by atoms with van der Waals surface area (Å²) in [5.41, 5.74) is 1.31. The lowest BCUT2D eigenvalue weighted by atomic mass is 10.0. The highest BCUT2D eigenvalue weighted by atomic mass is 79.9. The van der Waals surface area contributed by atoms with Gasteiger partial charge in [0.15, 0.2) is 0 Å². The van der Waals surface area contributed by atoms with Gasteiger partial charge in [0.05, 0.1) is 0 Å². The van der Waals surface area contributed by atoms with Crippen LogP contribution in [0.4, 0.5) is 0 Å². The highest BCUT2D eigenvalue weighted by Crippen LogP contribution is 2.31. The Kier molecular flexibility index (Phi) is 4.41. The van der Waals surface area contributed by atoms with Gasteiger partial charge >= 0.3 is 0 Å². The quantitative estimate of drug-likeness (QED) is 0.916. The van der Waals surface area contributed by atoms with Gasteiger partial charge in [-0.2, -0.15) is 0 Å². The summed E-state index contributed by atoms with van der Waals surface area (Å²) in [6, 6.07) is 8.98. The molecule has 0 aromatic heterocycles. The van der Waals surface area contributed by atoms with E-state index in [1.165, 1.54) is 5.56 Å². The van der Waals surface area contributed by atoms with Crippen molar-refractivity contribution >= 4 is 21.8 Å². The average molecular weight is 337 g/mol. The number of halogens is 1. The Morgan fingerprint density at radius 2 is 1.80 bits per heavy atom. The van der Waals surface area contributed by atoms with Gasteiger partial charge in [-0.15, -0.1) is 0 Å². The van der Waals surface area contributed by atoms with E-state index in [0.717, 1.165) is 49.8 Å². The molecule has 1 heterocycles. The van der Waals surface area contributed by atoms with Crippen molar-refractivity contribution < 1.29 is 4.79 Å². The molecule has 0 unspecified atom stereocenters. The first-order chi connectivity index (χ1) is 9.72. The van der Waals surface area contributed by atoms with Crippen molar-refractivity contribution in [2.24, 2.45) is 5.92 Å². The third-order valence-electron chi connectivity index (χ3n) is 4.24. The Balaban J connectivity index is 1.42. The predicted molar refractivity (Wildman–Crippen MR) is 83.3 cm³/mol.